The first-order chi connectivity index (χ1) is 11.5. The maximum Gasteiger partial charge on any atom is 0.283 e. The molecule has 0 amide bonds. The van der Waals surface area contributed by atoms with E-state index in [0.29, 0.717) is 16.7 Å². The lowest BCUT2D eigenvalue weighted by atomic mass is 9.84. The van der Waals surface area contributed by atoms with Crippen LogP contribution in [-0.4, -0.2) is 13.0 Å². The Balaban J connectivity index is 2.51. The fourth-order valence-electron chi connectivity index (χ4n) is 3.01. The highest BCUT2D eigenvalue weighted by Crippen LogP contribution is 2.45. The number of rotatable bonds is 4. The predicted octanol–water partition coefficient (Wildman–Crippen LogP) is 4.52. The summed E-state index contributed by atoms with van der Waals surface area (Å²) in [5.74, 6) is 0. The predicted molar refractivity (Wildman–Crippen MR) is 95.8 cm³/mol. The third-order valence-electron chi connectivity index (χ3n) is 4.00. The third-order valence-corrected chi connectivity index (χ3v) is 5.80. The van der Waals surface area contributed by atoms with E-state index >= 15 is 0 Å². The Morgan fingerprint density at radius 3 is 1.54 bits per heavy atom. The third kappa shape index (κ3) is 2.63. The van der Waals surface area contributed by atoms with Gasteiger partial charge in [0.1, 0.15) is 0 Å². The summed E-state index contributed by atoms with van der Waals surface area (Å²) in [6.45, 7) is 0. The Morgan fingerprint density at radius 2 is 1.12 bits per heavy atom. The topological polar surface area (TPSA) is 54.4 Å². The zero-order valence-electron chi connectivity index (χ0n) is 12.6. The van der Waals surface area contributed by atoms with E-state index in [-0.39, 0.29) is 5.02 Å². The molecular weight excluding hydrogens is 344 g/mol. The summed E-state index contributed by atoms with van der Waals surface area (Å²) >= 11 is 6.34. The Labute approximate surface area is 146 Å². The second-order valence-electron chi connectivity index (χ2n) is 5.37. The van der Waals surface area contributed by atoms with Crippen LogP contribution < -0.4 is 0 Å². The highest BCUT2D eigenvalue weighted by Gasteiger charge is 2.49. The van der Waals surface area contributed by atoms with Crippen LogP contribution in [0.5, 0.6) is 0 Å². The van der Waals surface area contributed by atoms with E-state index in [2.05, 4.69) is 0 Å². The van der Waals surface area contributed by atoms with E-state index in [1.165, 1.54) is 0 Å². The van der Waals surface area contributed by atoms with E-state index in [9.17, 15) is 13.0 Å². The summed E-state index contributed by atoms with van der Waals surface area (Å²) in [5, 5.41) is 0.267. The standard InChI is InChI=1S/C19H15ClO3S/c20-18-14-8-7-13-17(18)19(24(21,22)23,15-9-3-1-4-10-15)16-11-5-2-6-12-16/h1-14H,(H,21,22,23). The van der Waals surface area contributed by atoms with Crippen molar-refractivity contribution in [2.24, 2.45) is 0 Å². The van der Waals surface area contributed by atoms with Crippen LogP contribution in [0.1, 0.15) is 16.7 Å². The molecule has 0 atom stereocenters. The summed E-state index contributed by atoms with van der Waals surface area (Å²) in [5.41, 5.74) is 1.16. The molecule has 0 bridgehead atoms. The summed E-state index contributed by atoms with van der Waals surface area (Å²) in [4.78, 5) is 0. The molecule has 0 unspecified atom stereocenters. The highest BCUT2D eigenvalue weighted by atomic mass is 35.5. The van der Waals surface area contributed by atoms with Crippen LogP contribution in [0.2, 0.25) is 5.02 Å². The van der Waals surface area contributed by atoms with Crippen molar-refractivity contribution in [2.45, 2.75) is 4.75 Å². The Hall–Kier alpha value is -2.14. The molecule has 3 rings (SSSR count). The molecule has 1 N–H and O–H groups in total. The van der Waals surface area contributed by atoms with Gasteiger partial charge in [0, 0.05) is 10.6 Å². The monoisotopic (exact) mass is 358 g/mol. The largest absolute Gasteiger partial charge is 0.284 e. The van der Waals surface area contributed by atoms with Crippen molar-refractivity contribution >= 4 is 21.7 Å². The molecule has 0 aliphatic carbocycles. The Kier molecular flexibility index (Phi) is 4.45. The van der Waals surface area contributed by atoms with Crippen molar-refractivity contribution in [3.05, 3.63) is 107 Å². The average molecular weight is 359 g/mol. The number of benzene rings is 3. The maximum atomic E-state index is 12.7. The Morgan fingerprint density at radius 1 is 0.708 bits per heavy atom. The van der Waals surface area contributed by atoms with Crippen molar-refractivity contribution in [3.63, 3.8) is 0 Å². The first kappa shape index (κ1) is 16.7. The molecule has 0 fully saturated rings. The van der Waals surface area contributed by atoms with Gasteiger partial charge in [0.05, 0.1) is 0 Å². The molecule has 122 valence electrons. The molecule has 3 nitrogen and oxygen atoms in total. The van der Waals surface area contributed by atoms with Gasteiger partial charge < -0.3 is 0 Å². The van der Waals surface area contributed by atoms with Crippen molar-refractivity contribution in [1.82, 2.24) is 0 Å². The van der Waals surface area contributed by atoms with E-state index in [4.69, 9.17) is 11.6 Å². The maximum absolute atomic E-state index is 12.7. The first-order valence-electron chi connectivity index (χ1n) is 7.31. The van der Waals surface area contributed by atoms with Gasteiger partial charge in [-0.3, -0.25) is 4.55 Å². The van der Waals surface area contributed by atoms with Crippen LogP contribution in [0.3, 0.4) is 0 Å². The minimum atomic E-state index is -4.59. The normalized spacial score (nSPS) is 12.1. The van der Waals surface area contributed by atoms with Crippen molar-refractivity contribution in [3.8, 4) is 0 Å². The second kappa shape index (κ2) is 6.40. The van der Waals surface area contributed by atoms with Crippen molar-refractivity contribution in [2.75, 3.05) is 0 Å². The van der Waals surface area contributed by atoms with Crippen molar-refractivity contribution in [1.29, 1.82) is 0 Å². The second-order valence-corrected chi connectivity index (χ2v) is 7.34. The molecule has 0 aromatic heterocycles. The van der Waals surface area contributed by atoms with Crippen LogP contribution in [0, 0.1) is 0 Å². The molecule has 0 saturated carbocycles. The van der Waals surface area contributed by atoms with E-state index in [1.54, 1.807) is 84.9 Å². The Bertz CT molecular complexity index is 899. The fraction of sp³-hybridized carbons (Fsp3) is 0.0526. The van der Waals surface area contributed by atoms with Gasteiger partial charge >= 0.3 is 0 Å². The quantitative estimate of drug-likeness (QED) is 0.551. The van der Waals surface area contributed by atoms with Gasteiger partial charge in [-0.15, -0.1) is 0 Å². The number of hydrogen-bond donors (Lipinski definition) is 1. The van der Waals surface area contributed by atoms with Gasteiger partial charge in [0.15, 0.2) is 4.75 Å². The molecule has 0 spiro atoms. The van der Waals surface area contributed by atoms with Crippen LogP contribution in [0.15, 0.2) is 84.9 Å². The molecule has 3 aromatic carbocycles. The molecule has 3 aromatic rings. The molecule has 0 saturated heterocycles. The lowest BCUT2D eigenvalue weighted by Crippen LogP contribution is -2.38. The van der Waals surface area contributed by atoms with Crippen LogP contribution in [0.25, 0.3) is 0 Å². The van der Waals surface area contributed by atoms with Crippen LogP contribution in [0.4, 0.5) is 0 Å². The number of halogens is 1. The summed E-state index contributed by atoms with van der Waals surface area (Å²) in [6, 6.07) is 23.8. The van der Waals surface area contributed by atoms with Crippen molar-refractivity contribution < 1.29 is 13.0 Å². The molecular formula is C19H15ClO3S. The van der Waals surface area contributed by atoms with Gasteiger partial charge in [-0.1, -0.05) is 90.5 Å². The van der Waals surface area contributed by atoms with Gasteiger partial charge in [-0.05, 0) is 17.2 Å². The molecule has 0 aliphatic heterocycles. The summed E-state index contributed by atoms with van der Waals surface area (Å²) in [7, 11) is -4.59. The van der Waals surface area contributed by atoms with Gasteiger partial charge in [0.25, 0.3) is 10.1 Å². The average Bonchev–Trinajstić information content (AvgIpc) is 2.58. The molecule has 0 aliphatic rings. The summed E-state index contributed by atoms with van der Waals surface area (Å²) < 4.78 is 33.9. The van der Waals surface area contributed by atoms with Gasteiger partial charge in [-0.2, -0.15) is 8.42 Å². The van der Waals surface area contributed by atoms with E-state index in [1.807, 2.05) is 0 Å². The zero-order valence-corrected chi connectivity index (χ0v) is 14.2. The first-order valence-corrected chi connectivity index (χ1v) is 9.13. The molecule has 24 heavy (non-hydrogen) atoms. The van der Waals surface area contributed by atoms with Gasteiger partial charge in [-0.25, -0.2) is 0 Å². The fourth-order valence-corrected chi connectivity index (χ4v) is 4.66. The molecule has 5 heteroatoms. The van der Waals surface area contributed by atoms with Crippen LogP contribution in [-0.2, 0) is 14.9 Å². The van der Waals surface area contributed by atoms with E-state index in [0.717, 1.165) is 0 Å². The summed E-state index contributed by atoms with van der Waals surface area (Å²) in [6.07, 6.45) is 0. The van der Waals surface area contributed by atoms with Gasteiger partial charge in [0.2, 0.25) is 0 Å². The molecule has 0 radical (unpaired) electrons. The smallest absolute Gasteiger partial charge is 0.283 e. The number of hydrogen-bond acceptors (Lipinski definition) is 2. The lowest BCUT2D eigenvalue weighted by molar-refractivity contribution is 0.459. The zero-order chi connectivity index (χ0) is 17.2. The van der Waals surface area contributed by atoms with Crippen LogP contribution >= 0.6 is 11.6 Å². The highest BCUT2D eigenvalue weighted by molar-refractivity contribution is 7.87. The van der Waals surface area contributed by atoms with E-state index < -0.39 is 14.9 Å². The lowest BCUT2D eigenvalue weighted by Gasteiger charge is -2.33. The molecule has 0 heterocycles. The SMILES string of the molecule is O=S(=O)(O)C(c1ccccc1)(c1ccccc1)c1ccccc1Cl. The minimum absolute atomic E-state index is 0.267. The minimum Gasteiger partial charge on any atom is -0.284 e.